The van der Waals surface area contributed by atoms with Crippen LogP contribution in [0.2, 0.25) is 0 Å². The number of ether oxygens (including phenoxy) is 1. The first-order valence-electron chi connectivity index (χ1n) is 11.3. The molecule has 2 rings (SSSR count). The van der Waals surface area contributed by atoms with Crippen LogP contribution in [-0.2, 0) is 30.2 Å². The molecule has 0 heterocycles. The summed E-state index contributed by atoms with van der Waals surface area (Å²) in [6, 6.07) is 11.2. The predicted octanol–water partition coefficient (Wildman–Crippen LogP) is 5.40. The summed E-state index contributed by atoms with van der Waals surface area (Å²) in [6.45, 7) is 15.7. The Bertz CT molecular complexity index is 1070. The third-order valence-electron chi connectivity index (χ3n) is 5.83. The van der Waals surface area contributed by atoms with Crippen LogP contribution in [0.5, 0.6) is 5.75 Å². The number of aromatic hydroxyl groups is 1. The van der Waals surface area contributed by atoms with E-state index in [1.54, 1.807) is 6.92 Å². The monoisotopic (exact) mass is 474 g/mol. The Morgan fingerprint density at radius 1 is 0.939 bits per heavy atom. The maximum Gasteiger partial charge on any atom is 0.325 e. The largest absolute Gasteiger partial charge is 0.507 e. The van der Waals surface area contributed by atoms with Gasteiger partial charge in [0.25, 0.3) is 0 Å². The number of sulfone groups is 1. The van der Waals surface area contributed by atoms with Gasteiger partial charge in [0.05, 0.1) is 6.61 Å². The van der Waals surface area contributed by atoms with E-state index in [0.717, 1.165) is 11.8 Å². The molecule has 0 fully saturated rings. The first-order valence-corrected chi connectivity index (χ1v) is 13.2. The molecule has 0 spiro atoms. The zero-order valence-electron chi connectivity index (χ0n) is 21.3. The lowest BCUT2D eigenvalue weighted by Gasteiger charge is -2.32. The maximum absolute atomic E-state index is 13.0. The Morgan fingerprint density at radius 3 is 1.76 bits per heavy atom. The normalized spacial score (nSPS) is 14.6. The summed E-state index contributed by atoms with van der Waals surface area (Å²) in [5, 5.41) is 9.74. The van der Waals surface area contributed by atoms with Crippen LogP contribution >= 0.6 is 0 Å². The van der Waals surface area contributed by atoms with Gasteiger partial charge in [0.1, 0.15) is 5.75 Å². The van der Waals surface area contributed by atoms with Gasteiger partial charge in [-0.05, 0) is 46.9 Å². The lowest BCUT2D eigenvalue weighted by atomic mass is 9.75. The second kappa shape index (κ2) is 9.49. The first-order chi connectivity index (χ1) is 15.0. The van der Waals surface area contributed by atoms with E-state index in [0.29, 0.717) is 22.3 Å². The third kappa shape index (κ3) is 6.17. The molecule has 0 amide bonds. The summed E-state index contributed by atoms with van der Waals surface area (Å²) in [5.74, 6) is -1.36. The van der Waals surface area contributed by atoms with E-state index < -0.39 is 37.8 Å². The fraction of sp³-hybridized carbons (Fsp3) is 0.519. The van der Waals surface area contributed by atoms with Crippen molar-refractivity contribution >= 4 is 15.8 Å². The number of aryl methyl sites for hydroxylation is 1. The molecule has 182 valence electrons. The lowest BCUT2D eigenvalue weighted by Crippen LogP contribution is -2.38. The molecule has 0 saturated heterocycles. The van der Waals surface area contributed by atoms with E-state index in [4.69, 9.17) is 4.74 Å². The molecule has 2 aromatic carbocycles. The number of phenolic OH excluding ortho intramolecular Hbond substituents is 1. The van der Waals surface area contributed by atoms with Crippen molar-refractivity contribution in [2.75, 3.05) is 12.9 Å². The molecule has 2 aromatic rings. The molecule has 5 nitrogen and oxygen atoms in total. The average Bonchev–Trinajstić information content (AvgIpc) is 2.64. The van der Waals surface area contributed by atoms with Crippen molar-refractivity contribution < 1.29 is 23.1 Å². The number of benzene rings is 2. The highest BCUT2D eigenvalue weighted by molar-refractivity contribution is 7.92. The highest BCUT2D eigenvalue weighted by atomic mass is 32.2. The van der Waals surface area contributed by atoms with Gasteiger partial charge in [0.2, 0.25) is 0 Å². The Hall–Kier alpha value is -2.34. The molecule has 0 aliphatic carbocycles. The zero-order chi connectivity index (χ0) is 25.4. The molecular weight excluding hydrogens is 436 g/mol. The van der Waals surface area contributed by atoms with Gasteiger partial charge in [-0.3, -0.25) is 4.79 Å². The van der Waals surface area contributed by atoms with Gasteiger partial charge in [-0.15, -0.1) is 0 Å². The molecule has 2 unspecified atom stereocenters. The summed E-state index contributed by atoms with van der Waals surface area (Å²) in [6.07, 6.45) is 1.07. The van der Waals surface area contributed by atoms with E-state index in [2.05, 4.69) is 0 Å². The molecule has 0 radical (unpaired) electrons. The average molecular weight is 475 g/mol. The highest BCUT2D eigenvalue weighted by Crippen LogP contribution is 2.43. The van der Waals surface area contributed by atoms with Crippen LogP contribution in [0.15, 0.2) is 36.4 Å². The van der Waals surface area contributed by atoms with Crippen molar-refractivity contribution in [3.63, 3.8) is 0 Å². The highest BCUT2D eigenvalue weighted by Gasteiger charge is 2.41. The fourth-order valence-corrected chi connectivity index (χ4v) is 5.30. The van der Waals surface area contributed by atoms with Gasteiger partial charge in [-0.2, -0.15) is 0 Å². The van der Waals surface area contributed by atoms with Crippen LogP contribution in [0.3, 0.4) is 0 Å². The third-order valence-corrected chi connectivity index (χ3v) is 7.21. The number of carbonyl (C=O) groups excluding carboxylic acids is 1. The van der Waals surface area contributed by atoms with Crippen molar-refractivity contribution in [3.8, 4) is 5.75 Å². The molecule has 2 atom stereocenters. The van der Waals surface area contributed by atoms with Gasteiger partial charge in [0, 0.05) is 12.2 Å². The first kappa shape index (κ1) is 26.9. The minimum atomic E-state index is -3.84. The number of rotatable bonds is 6. The Morgan fingerprint density at radius 2 is 1.39 bits per heavy atom. The van der Waals surface area contributed by atoms with Crippen molar-refractivity contribution in [2.45, 2.75) is 77.4 Å². The van der Waals surface area contributed by atoms with Crippen LogP contribution in [-0.4, -0.2) is 37.6 Å². The summed E-state index contributed by atoms with van der Waals surface area (Å²) < 4.78 is 31.2. The Kier molecular flexibility index (Phi) is 7.74. The van der Waals surface area contributed by atoms with Crippen LogP contribution in [0.1, 0.15) is 82.2 Å². The molecule has 33 heavy (non-hydrogen) atoms. The van der Waals surface area contributed by atoms with Crippen molar-refractivity contribution in [2.24, 2.45) is 0 Å². The van der Waals surface area contributed by atoms with Crippen LogP contribution in [0.25, 0.3) is 0 Å². The Labute approximate surface area is 199 Å². The van der Waals surface area contributed by atoms with Crippen LogP contribution in [0, 0.1) is 6.92 Å². The molecule has 1 N–H and O–H groups in total. The second-order valence-corrected chi connectivity index (χ2v) is 13.0. The van der Waals surface area contributed by atoms with Gasteiger partial charge < -0.3 is 9.84 Å². The summed E-state index contributed by atoms with van der Waals surface area (Å²) >= 11 is 0. The SMILES string of the molecule is CCOC(=O)C(C(c1ccc(C)cc1)c1cc(C(C)(C)C)c(O)c(C(C)(C)C)c1)S(C)(=O)=O. The second-order valence-electron chi connectivity index (χ2n) is 10.9. The zero-order valence-corrected chi connectivity index (χ0v) is 22.1. The molecule has 0 aliphatic rings. The van der Waals surface area contributed by atoms with Crippen LogP contribution in [0.4, 0.5) is 0 Å². The number of phenols is 1. The molecule has 0 bridgehead atoms. The molecule has 0 aromatic heterocycles. The maximum atomic E-state index is 13.0. The smallest absolute Gasteiger partial charge is 0.325 e. The number of hydrogen-bond acceptors (Lipinski definition) is 5. The molecule has 6 heteroatoms. The van der Waals surface area contributed by atoms with Gasteiger partial charge in [0.15, 0.2) is 15.1 Å². The number of hydrogen-bond donors (Lipinski definition) is 1. The topological polar surface area (TPSA) is 80.7 Å². The molecular formula is C27H38O5S. The molecule has 0 saturated carbocycles. The van der Waals surface area contributed by atoms with Gasteiger partial charge in [-0.1, -0.05) is 83.5 Å². The minimum Gasteiger partial charge on any atom is -0.507 e. The van der Waals surface area contributed by atoms with Gasteiger partial charge >= 0.3 is 5.97 Å². The predicted molar refractivity (Wildman–Crippen MR) is 134 cm³/mol. The number of carbonyl (C=O) groups is 1. The lowest BCUT2D eigenvalue weighted by molar-refractivity contribution is -0.142. The number of esters is 1. The standard InChI is InChI=1S/C27H38O5S/c1-10-32-25(29)24(33(9,30)31)22(18-13-11-17(2)12-14-18)19-15-20(26(3,4)5)23(28)21(16-19)27(6,7)8/h11-16,22,24,28H,10H2,1-9H3. The van der Waals surface area contributed by atoms with Crippen LogP contribution < -0.4 is 0 Å². The van der Waals surface area contributed by atoms with E-state index >= 15 is 0 Å². The van der Waals surface area contributed by atoms with E-state index in [9.17, 15) is 18.3 Å². The fourth-order valence-electron chi connectivity index (χ4n) is 4.08. The summed E-state index contributed by atoms with van der Waals surface area (Å²) in [7, 11) is -3.84. The van der Waals surface area contributed by atoms with Crippen molar-refractivity contribution in [3.05, 3.63) is 64.2 Å². The Balaban J connectivity index is 2.98. The van der Waals surface area contributed by atoms with Gasteiger partial charge in [-0.25, -0.2) is 8.42 Å². The quantitative estimate of drug-likeness (QED) is 0.567. The minimum absolute atomic E-state index is 0.0849. The molecule has 0 aliphatic heterocycles. The van der Waals surface area contributed by atoms with Crippen molar-refractivity contribution in [1.29, 1.82) is 0 Å². The van der Waals surface area contributed by atoms with E-state index in [1.165, 1.54) is 0 Å². The summed E-state index contributed by atoms with van der Waals surface area (Å²) in [4.78, 5) is 13.0. The van der Waals surface area contributed by atoms with Crippen molar-refractivity contribution in [1.82, 2.24) is 0 Å². The van der Waals surface area contributed by atoms with E-state index in [-0.39, 0.29) is 12.4 Å². The summed E-state index contributed by atoms with van der Waals surface area (Å²) in [5.41, 5.74) is 3.01. The van der Waals surface area contributed by atoms with E-state index in [1.807, 2.05) is 84.9 Å².